The van der Waals surface area contributed by atoms with Gasteiger partial charge in [0.1, 0.15) is 6.04 Å². The number of nitrogens with two attached hydrogens (primary N) is 1. The molecular weight excluding hydrogens is 476 g/mol. The van der Waals surface area contributed by atoms with Crippen LogP contribution in [-0.4, -0.2) is 39.0 Å². The first-order valence-electron chi connectivity index (χ1n) is 9.15. The minimum Gasteiger partial charge on any atom is -0.480 e. The molecule has 0 saturated heterocycles. The molecule has 0 fully saturated rings. The van der Waals surface area contributed by atoms with Crippen LogP contribution in [0, 0.1) is 4.78 Å². The van der Waals surface area contributed by atoms with Crippen LogP contribution in [-0.2, 0) is 14.5 Å². The van der Waals surface area contributed by atoms with Crippen molar-refractivity contribution in [1.29, 1.82) is 4.78 Å². The van der Waals surface area contributed by atoms with Crippen molar-refractivity contribution in [2.45, 2.75) is 31.0 Å². The number of benzene rings is 2. The maximum Gasteiger partial charge on any atom is 0.395 e. The molecule has 2 unspecified atom stereocenters. The van der Waals surface area contributed by atoms with Gasteiger partial charge in [0.05, 0.1) is 5.92 Å². The van der Waals surface area contributed by atoms with Gasteiger partial charge in [-0.05, 0) is 36.1 Å². The molecule has 4 N–H and O–H groups in total. The first kappa shape index (κ1) is 25.5. The predicted octanol–water partition coefficient (Wildman–Crippen LogP) is 5.55. The topological polar surface area (TPSA) is 104 Å². The number of carbonyl (C=O) groups is 1. The van der Waals surface area contributed by atoms with Crippen molar-refractivity contribution in [1.82, 2.24) is 0 Å². The summed E-state index contributed by atoms with van der Waals surface area (Å²) in [6, 6.07) is 9.12. The van der Waals surface area contributed by atoms with Crippen LogP contribution in [0.1, 0.15) is 24.3 Å². The molecule has 2 rings (SSSR count). The number of nitrogens with one attached hydrogen (secondary N) is 1. The quantitative estimate of drug-likeness (QED) is 0.423. The van der Waals surface area contributed by atoms with E-state index < -0.39 is 46.0 Å². The summed E-state index contributed by atoms with van der Waals surface area (Å²) in [6.45, 7) is 0. The minimum absolute atomic E-state index is 0.0477. The Balaban J connectivity index is 2.25. The van der Waals surface area contributed by atoms with Gasteiger partial charge >= 0.3 is 12.1 Å². The van der Waals surface area contributed by atoms with Crippen molar-refractivity contribution in [2.24, 2.45) is 5.73 Å². The molecule has 3 atom stereocenters. The summed E-state index contributed by atoms with van der Waals surface area (Å²) in [7, 11) is -3.43. The zero-order valence-corrected chi connectivity index (χ0v) is 18.5. The van der Waals surface area contributed by atoms with Crippen LogP contribution in [0.4, 0.5) is 13.2 Å². The van der Waals surface area contributed by atoms with Gasteiger partial charge in [-0.3, -0.25) is 9.57 Å². The zero-order valence-electron chi connectivity index (χ0n) is 16.2. The molecule has 0 aliphatic heterocycles. The Hall–Kier alpha value is -1.81. The second-order valence-corrected chi connectivity index (χ2v) is 10.4. The van der Waals surface area contributed by atoms with Crippen molar-refractivity contribution in [3.8, 4) is 11.1 Å². The molecule has 0 aromatic heterocycles. The minimum atomic E-state index is -4.63. The largest absolute Gasteiger partial charge is 0.480 e. The average molecular weight is 497 g/mol. The van der Waals surface area contributed by atoms with E-state index in [1.807, 2.05) is 0 Å². The van der Waals surface area contributed by atoms with Gasteiger partial charge < -0.3 is 10.8 Å². The molecule has 0 amide bonds. The lowest BCUT2D eigenvalue weighted by atomic mass is 9.92. The molecule has 0 aliphatic rings. The first-order valence-corrected chi connectivity index (χ1v) is 11.8. The van der Waals surface area contributed by atoms with E-state index in [2.05, 4.69) is 0 Å². The van der Waals surface area contributed by atoms with Crippen molar-refractivity contribution >= 4 is 38.9 Å². The summed E-state index contributed by atoms with van der Waals surface area (Å²) in [5, 5.41) is 9.45. The fraction of sp³-hybridized carbons (Fsp3) is 0.350. The summed E-state index contributed by atoms with van der Waals surface area (Å²) in [5.74, 6) is -4.18. The van der Waals surface area contributed by atoms with E-state index in [1.54, 1.807) is 18.2 Å². The van der Waals surface area contributed by atoms with E-state index >= 15 is 0 Å². The Morgan fingerprint density at radius 2 is 1.77 bits per heavy atom. The number of halogens is 5. The lowest BCUT2D eigenvalue weighted by Crippen LogP contribution is -2.32. The van der Waals surface area contributed by atoms with Crippen LogP contribution in [0.5, 0.6) is 0 Å². The zero-order chi connectivity index (χ0) is 23.4. The monoisotopic (exact) mass is 496 g/mol. The van der Waals surface area contributed by atoms with Crippen molar-refractivity contribution < 1.29 is 27.3 Å². The highest BCUT2D eigenvalue weighted by atomic mass is 35.5. The summed E-state index contributed by atoms with van der Waals surface area (Å²) in [4.78, 5) is 10.7. The number of carboxylic acids is 1. The molecule has 0 aliphatic carbocycles. The number of rotatable bonds is 9. The number of carboxylic acid groups (broad SMARTS) is 1. The molecule has 0 heterocycles. The summed E-state index contributed by atoms with van der Waals surface area (Å²) in [5.41, 5.74) is 6.26. The lowest BCUT2D eigenvalue weighted by molar-refractivity contribution is -0.150. The van der Waals surface area contributed by atoms with E-state index in [0.717, 1.165) is 0 Å². The van der Waals surface area contributed by atoms with Crippen LogP contribution < -0.4 is 5.73 Å². The van der Waals surface area contributed by atoms with Crippen LogP contribution in [0.3, 0.4) is 0 Å². The van der Waals surface area contributed by atoms with Crippen LogP contribution >= 0.6 is 23.2 Å². The second-order valence-electron chi connectivity index (χ2n) is 7.09. The third kappa shape index (κ3) is 7.38. The predicted molar refractivity (Wildman–Crippen MR) is 116 cm³/mol. The molecule has 0 bridgehead atoms. The van der Waals surface area contributed by atoms with Crippen molar-refractivity contribution in [3.05, 3.63) is 58.1 Å². The third-order valence-electron chi connectivity index (χ3n) is 4.74. The molecular formula is C20H21Cl2F3N2O3S. The standard InChI is InChI=1S/C20H21Cl2F3N2O3S/c21-14-4-5-15(17(22)11-14)12-2-1-3-13(10-12)16(20(23,24)25)6-8-31(27,30)9-7-18(26)19(28)29/h1-5,10-11,16,18,27H,6-9,26H2,(H,28,29)/t16?,18-,31?/m0/s1. The van der Waals surface area contributed by atoms with E-state index in [9.17, 15) is 22.2 Å². The highest BCUT2D eigenvalue weighted by Gasteiger charge is 2.41. The molecule has 170 valence electrons. The van der Waals surface area contributed by atoms with E-state index in [1.165, 1.54) is 24.3 Å². The Morgan fingerprint density at radius 1 is 1.13 bits per heavy atom. The first-order chi connectivity index (χ1) is 14.3. The maximum absolute atomic E-state index is 13.8. The van der Waals surface area contributed by atoms with Gasteiger partial charge in [-0.15, -0.1) is 0 Å². The highest BCUT2D eigenvalue weighted by molar-refractivity contribution is 7.92. The SMILES string of the molecule is N=S(=O)(CCC(c1cccc(-c2ccc(Cl)cc2Cl)c1)C(F)(F)F)CC[C@H](N)C(=O)O. The number of hydrogen-bond acceptors (Lipinski definition) is 4. The normalized spacial score (nSPS) is 15.8. The lowest BCUT2D eigenvalue weighted by Gasteiger charge is -2.22. The average Bonchev–Trinajstić information content (AvgIpc) is 2.65. The molecule has 5 nitrogen and oxygen atoms in total. The fourth-order valence-electron chi connectivity index (χ4n) is 3.02. The summed E-state index contributed by atoms with van der Waals surface area (Å²) in [6.07, 6.45) is -5.46. The Bertz CT molecular complexity index is 1050. The molecule has 11 heteroatoms. The molecule has 2 aromatic rings. The van der Waals surface area contributed by atoms with Gasteiger partial charge in [0.2, 0.25) is 0 Å². The van der Waals surface area contributed by atoms with E-state index in [0.29, 0.717) is 16.1 Å². The van der Waals surface area contributed by atoms with Crippen LogP contribution in [0.25, 0.3) is 11.1 Å². The van der Waals surface area contributed by atoms with Gasteiger partial charge in [-0.2, -0.15) is 13.2 Å². The maximum atomic E-state index is 13.8. The summed E-state index contributed by atoms with van der Waals surface area (Å²) < 4.78 is 61.5. The number of aliphatic carboxylic acids is 1. The Labute approximate surface area is 188 Å². The van der Waals surface area contributed by atoms with Gasteiger partial charge in [-0.25, -0.2) is 4.21 Å². The van der Waals surface area contributed by atoms with Gasteiger partial charge in [0.15, 0.2) is 0 Å². The molecule has 0 saturated carbocycles. The fourth-order valence-corrected chi connectivity index (χ4v) is 4.99. The van der Waals surface area contributed by atoms with Crippen molar-refractivity contribution in [3.63, 3.8) is 0 Å². The van der Waals surface area contributed by atoms with E-state index in [4.69, 9.17) is 38.8 Å². The molecule has 2 aromatic carbocycles. The Morgan fingerprint density at radius 3 is 2.35 bits per heavy atom. The molecule has 0 spiro atoms. The highest BCUT2D eigenvalue weighted by Crippen LogP contribution is 2.40. The van der Waals surface area contributed by atoms with Gasteiger partial charge in [0, 0.05) is 36.8 Å². The number of alkyl halides is 3. The van der Waals surface area contributed by atoms with Crippen molar-refractivity contribution in [2.75, 3.05) is 11.5 Å². The van der Waals surface area contributed by atoms with Crippen LogP contribution in [0.15, 0.2) is 42.5 Å². The summed E-state index contributed by atoms with van der Waals surface area (Å²) >= 11 is 12.0. The van der Waals surface area contributed by atoms with Gasteiger partial charge in [-0.1, -0.05) is 53.5 Å². The Kier molecular flexibility index (Phi) is 8.38. The third-order valence-corrected chi connectivity index (χ3v) is 7.08. The number of hydrogen-bond donors (Lipinski definition) is 3. The van der Waals surface area contributed by atoms with Gasteiger partial charge in [0.25, 0.3) is 0 Å². The smallest absolute Gasteiger partial charge is 0.395 e. The molecule has 31 heavy (non-hydrogen) atoms. The molecule has 0 radical (unpaired) electrons. The second kappa shape index (κ2) is 10.2. The van der Waals surface area contributed by atoms with E-state index in [-0.39, 0.29) is 22.8 Å². The van der Waals surface area contributed by atoms with Crippen LogP contribution in [0.2, 0.25) is 10.0 Å².